The van der Waals surface area contributed by atoms with Crippen LogP contribution < -0.4 is 10.6 Å². The number of carbonyl (C=O) groups excluding carboxylic acids is 1. The molecule has 6 heteroatoms. The van der Waals surface area contributed by atoms with Gasteiger partial charge in [-0.05, 0) is 36.8 Å². The number of halogens is 2. The van der Waals surface area contributed by atoms with Crippen molar-refractivity contribution in [1.82, 2.24) is 10.3 Å². The predicted molar refractivity (Wildman–Crippen MR) is 85.7 cm³/mol. The highest BCUT2D eigenvalue weighted by atomic mass is 35.5. The zero-order valence-electron chi connectivity index (χ0n) is 11.4. The summed E-state index contributed by atoms with van der Waals surface area (Å²) in [6.07, 6.45) is 3.44. The number of hydrogen-bond acceptors (Lipinski definition) is 3. The molecule has 0 unspecified atom stereocenters. The maximum Gasteiger partial charge on any atom is 0.238 e. The second kappa shape index (κ2) is 7.41. The maximum absolute atomic E-state index is 11.9. The largest absolute Gasteiger partial charge is 0.322 e. The molecular formula is C15H15Cl2N3O. The van der Waals surface area contributed by atoms with Gasteiger partial charge < -0.3 is 10.6 Å². The van der Waals surface area contributed by atoms with Gasteiger partial charge in [0.15, 0.2) is 0 Å². The molecule has 4 nitrogen and oxygen atoms in total. The van der Waals surface area contributed by atoms with Crippen molar-refractivity contribution in [3.8, 4) is 0 Å². The van der Waals surface area contributed by atoms with Crippen molar-refractivity contribution in [2.45, 2.75) is 13.0 Å². The molecule has 0 bridgehead atoms. The van der Waals surface area contributed by atoms with Crippen LogP contribution >= 0.6 is 23.2 Å². The van der Waals surface area contributed by atoms with Crippen LogP contribution in [-0.4, -0.2) is 17.4 Å². The molecule has 21 heavy (non-hydrogen) atoms. The van der Waals surface area contributed by atoms with Gasteiger partial charge in [-0.3, -0.25) is 9.78 Å². The number of anilines is 1. The van der Waals surface area contributed by atoms with Gasteiger partial charge in [-0.15, -0.1) is 0 Å². The Balaban J connectivity index is 1.91. The summed E-state index contributed by atoms with van der Waals surface area (Å²) in [5, 5.41) is 6.67. The molecule has 0 aliphatic rings. The van der Waals surface area contributed by atoms with E-state index < -0.39 is 0 Å². The van der Waals surface area contributed by atoms with Crippen molar-refractivity contribution in [2.75, 3.05) is 11.9 Å². The third-order valence-corrected chi connectivity index (χ3v) is 3.63. The maximum atomic E-state index is 11.9. The van der Waals surface area contributed by atoms with Crippen LogP contribution in [0.4, 0.5) is 5.69 Å². The zero-order chi connectivity index (χ0) is 15.2. The molecule has 2 rings (SSSR count). The molecule has 0 saturated carbocycles. The van der Waals surface area contributed by atoms with E-state index in [1.54, 1.807) is 30.6 Å². The highest BCUT2D eigenvalue weighted by Gasteiger charge is 2.11. The van der Waals surface area contributed by atoms with Gasteiger partial charge in [-0.2, -0.15) is 0 Å². The van der Waals surface area contributed by atoms with Crippen molar-refractivity contribution in [1.29, 1.82) is 0 Å². The molecule has 1 heterocycles. The Kier molecular flexibility index (Phi) is 5.56. The number of benzene rings is 1. The number of amides is 1. The third kappa shape index (κ3) is 4.43. The summed E-state index contributed by atoms with van der Waals surface area (Å²) in [5.74, 6) is -0.203. The number of hydrogen-bond donors (Lipinski definition) is 2. The Hall–Kier alpha value is -1.62. The fourth-order valence-corrected chi connectivity index (χ4v) is 2.31. The summed E-state index contributed by atoms with van der Waals surface area (Å²) in [5.41, 5.74) is 1.50. The Labute approximate surface area is 133 Å². The van der Waals surface area contributed by atoms with E-state index in [0.717, 1.165) is 5.56 Å². The van der Waals surface area contributed by atoms with Crippen LogP contribution in [0.15, 0.2) is 42.7 Å². The van der Waals surface area contributed by atoms with Gasteiger partial charge in [0.05, 0.1) is 22.3 Å². The van der Waals surface area contributed by atoms with E-state index in [0.29, 0.717) is 15.7 Å². The molecule has 1 atom stereocenters. The number of carbonyl (C=O) groups is 1. The molecule has 1 aromatic heterocycles. The minimum atomic E-state index is -0.203. The van der Waals surface area contributed by atoms with Gasteiger partial charge in [-0.25, -0.2) is 0 Å². The molecule has 110 valence electrons. The summed E-state index contributed by atoms with van der Waals surface area (Å²) >= 11 is 12.0. The quantitative estimate of drug-likeness (QED) is 0.882. The van der Waals surface area contributed by atoms with Gasteiger partial charge in [0, 0.05) is 18.4 Å². The second-order valence-corrected chi connectivity index (χ2v) is 5.34. The van der Waals surface area contributed by atoms with Crippen molar-refractivity contribution in [3.63, 3.8) is 0 Å². The van der Waals surface area contributed by atoms with E-state index in [1.807, 2.05) is 19.1 Å². The second-order valence-electron chi connectivity index (χ2n) is 4.53. The molecule has 1 amide bonds. The number of pyridine rings is 1. The van der Waals surface area contributed by atoms with Crippen molar-refractivity contribution in [3.05, 3.63) is 58.3 Å². The standard InChI is InChI=1S/C15H15Cl2N3O/c1-10(11-5-7-18-8-6-11)19-9-14(21)20-15-12(16)3-2-4-13(15)17/h2-8,10,19H,9H2,1H3,(H,20,21)/t10-/m1/s1. The van der Waals surface area contributed by atoms with E-state index in [2.05, 4.69) is 15.6 Å². The van der Waals surface area contributed by atoms with Crippen LogP contribution in [0.5, 0.6) is 0 Å². The lowest BCUT2D eigenvalue weighted by atomic mass is 10.1. The van der Waals surface area contributed by atoms with Gasteiger partial charge in [-0.1, -0.05) is 29.3 Å². The molecule has 0 aliphatic carbocycles. The molecule has 0 spiro atoms. The Morgan fingerprint density at radius 3 is 2.43 bits per heavy atom. The highest BCUT2D eigenvalue weighted by molar-refractivity contribution is 6.39. The number of rotatable bonds is 5. The van der Waals surface area contributed by atoms with Crippen LogP contribution in [0, 0.1) is 0 Å². The van der Waals surface area contributed by atoms with Crippen LogP contribution in [0.25, 0.3) is 0 Å². The molecule has 2 aromatic rings. The van der Waals surface area contributed by atoms with Gasteiger partial charge in [0.2, 0.25) is 5.91 Å². The number of para-hydroxylation sites is 1. The number of aromatic nitrogens is 1. The summed E-state index contributed by atoms with van der Waals surface area (Å²) in [6, 6.07) is 8.93. The fraction of sp³-hybridized carbons (Fsp3) is 0.200. The van der Waals surface area contributed by atoms with Crippen LogP contribution in [0.1, 0.15) is 18.5 Å². The summed E-state index contributed by atoms with van der Waals surface area (Å²) in [6.45, 7) is 2.14. The monoisotopic (exact) mass is 323 g/mol. The minimum Gasteiger partial charge on any atom is -0.322 e. The fourth-order valence-electron chi connectivity index (χ4n) is 1.82. The molecule has 2 N–H and O–H groups in total. The normalized spacial score (nSPS) is 12.0. The Bertz CT molecular complexity index is 599. The topological polar surface area (TPSA) is 54.0 Å². The smallest absolute Gasteiger partial charge is 0.238 e. The highest BCUT2D eigenvalue weighted by Crippen LogP contribution is 2.29. The van der Waals surface area contributed by atoms with E-state index in [-0.39, 0.29) is 18.5 Å². The zero-order valence-corrected chi connectivity index (χ0v) is 12.9. The van der Waals surface area contributed by atoms with Crippen molar-refractivity contribution < 1.29 is 4.79 Å². The third-order valence-electron chi connectivity index (χ3n) is 3.00. The lowest BCUT2D eigenvalue weighted by Gasteiger charge is -2.14. The average molecular weight is 324 g/mol. The first-order valence-corrected chi connectivity index (χ1v) is 7.20. The molecular weight excluding hydrogens is 309 g/mol. The van der Waals surface area contributed by atoms with E-state index >= 15 is 0 Å². The number of nitrogens with one attached hydrogen (secondary N) is 2. The van der Waals surface area contributed by atoms with E-state index in [4.69, 9.17) is 23.2 Å². The summed E-state index contributed by atoms with van der Waals surface area (Å²) in [7, 11) is 0. The van der Waals surface area contributed by atoms with Crippen LogP contribution in [0.2, 0.25) is 10.0 Å². The van der Waals surface area contributed by atoms with Gasteiger partial charge in [0.25, 0.3) is 0 Å². The predicted octanol–water partition coefficient (Wildman–Crippen LogP) is 3.68. The Morgan fingerprint density at radius 2 is 1.81 bits per heavy atom. The lowest BCUT2D eigenvalue weighted by molar-refractivity contribution is -0.115. The number of nitrogens with zero attached hydrogens (tertiary/aromatic N) is 1. The minimum absolute atomic E-state index is 0.0421. The first kappa shape index (κ1) is 15.8. The average Bonchev–Trinajstić information content (AvgIpc) is 2.49. The molecule has 0 radical (unpaired) electrons. The van der Waals surface area contributed by atoms with Gasteiger partial charge in [0.1, 0.15) is 0 Å². The Morgan fingerprint density at radius 1 is 1.19 bits per heavy atom. The van der Waals surface area contributed by atoms with Crippen molar-refractivity contribution in [2.24, 2.45) is 0 Å². The SMILES string of the molecule is C[C@@H](NCC(=O)Nc1c(Cl)cccc1Cl)c1ccncc1. The molecule has 0 aliphatic heterocycles. The first-order chi connectivity index (χ1) is 10.1. The molecule has 0 fully saturated rings. The first-order valence-electron chi connectivity index (χ1n) is 6.45. The lowest BCUT2D eigenvalue weighted by Crippen LogP contribution is -2.30. The van der Waals surface area contributed by atoms with Crippen molar-refractivity contribution >= 4 is 34.8 Å². The van der Waals surface area contributed by atoms with Gasteiger partial charge >= 0.3 is 0 Å². The summed E-state index contributed by atoms with van der Waals surface area (Å²) in [4.78, 5) is 15.9. The van der Waals surface area contributed by atoms with Crippen LogP contribution in [-0.2, 0) is 4.79 Å². The summed E-state index contributed by atoms with van der Waals surface area (Å²) < 4.78 is 0. The van der Waals surface area contributed by atoms with E-state index in [1.165, 1.54) is 0 Å². The van der Waals surface area contributed by atoms with E-state index in [9.17, 15) is 4.79 Å². The molecule has 0 saturated heterocycles. The molecule has 1 aromatic carbocycles. The van der Waals surface area contributed by atoms with Crippen LogP contribution in [0.3, 0.4) is 0 Å².